The molecule has 13 heavy (non-hydrogen) atoms. The lowest BCUT2D eigenvalue weighted by Gasteiger charge is -2.08. The highest BCUT2D eigenvalue weighted by Gasteiger charge is 2.07. The van der Waals surface area contributed by atoms with Crippen LogP contribution in [0.25, 0.3) is 0 Å². The molecular formula is C11H15NO. The van der Waals surface area contributed by atoms with E-state index in [1.54, 1.807) is 6.07 Å². The third-order valence-corrected chi connectivity index (χ3v) is 2.12. The molecule has 2 N–H and O–H groups in total. The fourth-order valence-corrected chi connectivity index (χ4v) is 1.24. The Morgan fingerprint density at radius 3 is 2.46 bits per heavy atom. The van der Waals surface area contributed by atoms with Crippen molar-refractivity contribution in [2.45, 2.75) is 26.7 Å². The summed E-state index contributed by atoms with van der Waals surface area (Å²) in [5.41, 5.74) is 8.02. The van der Waals surface area contributed by atoms with E-state index < -0.39 is 0 Å². The van der Waals surface area contributed by atoms with Crippen molar-refractivity contribution in [2.75, 3.05) is 5.73 Å². The van der Waals surface area contributed by atoms with Crippen LogP contribution >= 0.6 is 0 Å². The predicted molar refractivity (Wildman–Crippen MR) is 54.9 cm³/mol. The minimum atomic E-state index is 0.0278. The predicted octanol–water partition coefficient (Wildman–Crippen LogP) is 2.59. The van der Waals surface area contributed by atoms with Crippen molar-refractivity contribution in [2.24, 2.45) is 0 Å². The number of carbonyl (C=O) groups excluding carboxylic acids is 1. The van der Waals surface area contributed by atoms with Gasteiger partial charge in [-0.05, 0) is 30.5 Å². The van der Waals surface area contributed by atoms with Gasteiger partial charge in [-0.3, -0.25) is 4.79 Å². The molecule has 1 rings (SSSR count). The number of hydrogen-bond acceptors (Lipinski definition) is 2. The summed E-state index contributed by atoms with van der Waals surface area (Å²) in [5, 5.41) is 0. The van der Waals surface area contributed by atoms with Crippen LogP contribution in [0, 0.1) is 0 Å². The van der Waals surface area contributed by atoms with Crippen LogP contribution in [0.15, 0.2) is 18.2 Å². The SMILES string of the molecule is CC(=O)c1cc(C(C)C)ccc1N. The Morgan fingerprint density at radius 1 is 1.38 bits per heavy atom. The third kappa shape index (κ3) is 2.08. The normalized spacial score (nSPS) is 10.5. The highest BCUT2D eigenvalue weighted by atomic mass is 16.1. The molecule has 0 saturated carbocycles. The Morgan fingerprint density at radius 2 is 2.00 bits per heavy atom. The molecule has 2 heteroatoms. The molecule has 0 aliphatic carbocycles. The van der Waals surface area contributed by atoms with Crippen LogP contribution in [0.2, 0.25) is 0 Å². The molecule has 2 nitrogen and oxygen atoms in total. The summed E-state index contributed by atoms with van der Waals surface area (Å²) in [6.07, 6.45) is 0. The summed E-state index contributed by atoms with van der Waals surface area (Å²) in [6, 6.07) is 5.64. The molecule has 0 saturated heterocycles. The van der Waals surface area contributed by atoms with Crippen molar-refractivity contribution in [1.82, 2.24) is 0 Å². The topological polar surface area (TPSA) is 43.1 Å². The van der Waals surface area contributed by atoms with Crippen molar-refractivity contribution in [3.63, 3.8) is 0 Å². The molecule has 0 radical (unpaired) electrons. The van der Waals surface area contributed by atoms with Crippen molar-refractivity contribution >= 4 is 11.5 Å². The van der Waals surface area contributed by atoms with Crippen LogP contribution in [-0.2, 0) is 0 Å². The summed E-state index contributed by atoms with van der Waals surface area (Å²) in [5.74, 6) is 0.457. The molecule has 1 aromatic rings. The Balaban J connectivity index is 3.19. The van der Waals surface area contributed by atoms with Gasteiger partial charge >= 0.3 is 0 Å². The second-order valence-corrected chi connectivity index (χ2v) is 3.56. The molecule has 0 fully saturated rings. The van der Waals surface area contributed by atoms with E-state index >= 15 is 0 Å². The number of ketones is 1. The minimum Gasteiger partial charge on any atom is -0.398 e. The molecule has 0 amide bonds. The van der Waals surface area contributed by atoms with Crippen LogP contribution in [-0.4, -0.2) is 5.78 Å². The Kier molecular flexibility index (Phi) is 2.71. The second kappa shape index (κ2) is 3.60. The largest absolute Gasteiger partial charge is 0.398 e. The number of nitrogen functional groups attached to an aromatic ring is 1. The van der Waals surface area contributed by atoms with Gasteiger partial charge in [-0.2, -0.15) is 0 Å². The van der Waals surface area contributed by atoms with E-state index in [9.17, 15) is 4.79 Å². The Hall–Kier alpha value is -1.31. The van der Waals surface area contributed by atoms with Crippen molar-refractivity contribution < 1.29 is 4.79 Å². The van der Waals surface area contributed by atoms with Crippen molar-refractivity contribution in [3.8, 4) is 0 Å². The van der Waals surface area contributed by atoms with Gasteiger partial charge in [0.2, 0.25) is 0 Å². The van der Waals surface area contributed by atoms with Gasteiger partial charge in [0.25, 0.3) is 0 Å². The zero-order chi connectivity index (χ0) is 10.0. The second-order valence-electron chi connectivity index (χ2n) is 3.56. The van der Waals surface area contributed by atoms with E-state index in [1.807, 2.05) is 12.1 Å². The molecule has 0 atom stereocenters. The monoisotopic (exact) mass is 177 g/mol. The molecule has 70 valence electrons. The first-order valence-corrected chi connectivity index (χ1v) is 4.42. The van der Waals surface area contributed by atoms with Crippen LogP contribution < -0.4 is 5.73 Å². The van der Waals surface area contributed by atoms with Crippen molar-refractivity contribution in [1.29, 1.82) is 0 Å². The first-order valence-electron chi connectivity index (χ1n) is 4.42. The maximum Gasteiger partial charge on any atom is 0.161 e. The van der Waals surface area contributed by atoms with Crippen molar-refractivity contribution in [3.05, 3.63) is 29.3 Å². The lowest BCUT2D eigenvalue weighted by molar-refractivity contribution is 0.101. The summed E-state index contributed by atoms with van der Waals surface area (Å²) < 4.78 is 0. The van der Waals surface area contributed by atoms with Gasteiger partial charge in [-0.25, -0.2) is 0 Å². The number of rotatable bonds is 2. The molecule has 0 aliphatic rings. The molecular weight excluding hydrogens is 162 g/mol. The molecule has 0 unspecified atom stereocenters. The van der Waals surface area contributed by atoms with E-state index in [1.165, 1.54) is 6.92 Å². The number of anilines is 1. The summed E-state index contributed by atoms with van der Waals surface area (Å²) in [7, 11) is 0. The lowest BCUT2D eigenvalue weighted by atomic mass is 9.98. The molecule has 0 aliphatic heterocycles. The first-order chi connectivity index (χ1) is 6.02. The minimum absolute atomic E-state index is 0.0278. The van der Waals surface area contributed by atoms with E-state index in [2.05, 4.69) is 13.8 Å². The number of carbonyl (C=O) groups is 1. The van der Waals surface area contributed by atoms with Crippen LogP contribution in [0.3, 0.4) is 0 Å². The number of Topliss-reactive ketones (excluding diaryl/α,β-unsaturated/α-hetero) is 1. The van der Waals surface area contributed by atoms with Crippen LogP contribution in [0.1, 0.15) is 42.6 Å². The summed E-state index contributed by atoms with van der Waals surface area (Å²) in [6.45, 7) is 5.72. The maximum absolute atomic E-state index is 11.2. The van der Waals surface area contributed by atoms with E-state index in [0.717, 1.165) is 5.56 Å². The zero-order valence-electron chi connectivity index (χ0n) is 8.29. The average Bonchev–Trinajstić information content (AvgIpc) is 2.04. The summed E-state index contributed by atoms with van der Waals surface area (Å²) in [4.78, 5) is 11.2. The van der Waals surface area contributed by atoms with Gasteiger partial charge in [0, 0.05) is 11.3 Å². The zero-order valence-corrected chi connectivity index (χ0v) is 8.29. The molecule has 1 aromatic carbocycles. The Bertz CT molecular complexity index is 329. The average molecular weight is 177 g/mol. The smallest absolute Gasteiger partial charge is 0.161 e. The highest BCUT2D eigenvalue weighted by Crippen LogP contribution is 2.20. The fraction of sp³-hybridized carbons (Fsp3) is 0.364. The highest BCUT2D eigenvalue weighted by molar-refractivity contribution is 5.99. The van der Waals surface area contributed by atoms with Gasteiger partial charge < -0.3 is 5.73 Å². The molecule has 0 spiro atoms. The van der Waals surface area contributed by atoms with Gasteiger partial charge in [0.05, 0.1) is 0 Å². The van der Waals surface area contributed by atoms with E-state index in [-0.39, 0.29) is 5.78 Å². The lowest BCUT2D eigenvalue weighted by Crippen LogP contribution is -2.01. The molecule has 0 bridgehead atoms. The van der Waals surface area contributed by atoms with Gasteiger partial charge in [-0.1, -0.05) is 19.9 Å². The maximum atomic E-state index is 11.2. The van der Waals surface area contributed by atoms with Gasteiger partial charge in [0.15, 0.2) is 5.78 Å². The van der Waals surface area contributed by atoms with E-state index in [0.29, 0.717) is 17.2 Å². The molecule has 0 aromatic heterocycles. The Labute approximate surface area is 78.8 Å². The summed E-state index contributed by atoms with van der Waals surface area (Å²) >= 11 is 0. The van der Waals surface area contributed by atoms with Gasteiger partial charge in [0.1, 0.15) is 0 Å². The van der Waals surface area contributed by atoms with Crippen LogP contribution in [0.5, 0.6) is 0 Å². The van der Waals surface area contributed by atoms with Gasteiger partial charge in [-0.15, -0.1) is 0 Å². The number of hydrogen-bond donors (Lipinski definition) is 1. The first kappa shape index (κ1) is 9.78. The third-order valence-electron chi connectivity index (χ3n) is 2.12. The number of benzene rings is 1. The standard InChI is InChI=1S/C11H15NO/c1-7(2)9-4-5-11(12)10(6-9)8(3)13/h4-7H,12H2,1-3H3. The van der Waals surface area contributed by atoms with E-state index in [4.69, 9.17) is 5.73 Å². The fourth-order valence-electron chi connectivity index (χ4n) is 1.24. The number of nitrogens with two attached hydrogens (primary N) is 1. The molecule has 0 heterocycles. The van der Waals surface area contributed by atoms with Crippen LogP contribution in [0.4, 0.5) is 5.69 Å². The quantitative estimate of drug-likeness (QED) is 0.557.